The molecule has 0 aromatic heterocycles. The van der Waals surface area contributed by atoms with Crippen molar-refractivity contribution in [3.8, 4) is 0 Å². The Hall–Kier alpha value is -1.52. The first-order valence-corrected chi connectivity index (χ1v) is 5.76. The molecule has 1 amide bonds. The molecule has 18 heavy (non-hydrogen) atoms. The number of carbonyl (C=O) groups is 2. The Morgan fingerprint density at radius 3 is 1.94 bits per heavy atom. The van der Waals surface area contributed by atoms with Gasteiger partial charge in [-0.1, -0.05) is 26.0 Å². The van der Waals surface area contributed by atoms with E-state index < -0.39 is 29.1 Å². The first-order chi connectivity index (χ1) is 7.88. The van der Waals surface area contributed by atoms with Crippen molar-refractivity contribution < 1.29 is 19.4 Å². The molecule has 104 valence electrons. The number of hydrogen-bond donors (Lipinski definition) is 2. The lowest BCUT2D eigenvalue weighted by atomic mass is 9.78. The minimum atomic E-state index is -1.12. The summed E-state index contributed by atoms with van der Waals surface area (Å²) in [6, 6.07) is -1.08. The number of aliphatic carboxylic acids is 1. The van der Waals surface area contributed by atoms with Crippen molar-refractivity contribution in [3.63, 3.8) is 0 Å². The molecule has 0 aliphatic rings. The zero-order chi connectivity index (χ0) is 14.7. The van der Waals surface area contributed by atoms with E-state index in [1.54, 1.807) is 41.5 Å². The first-order valence-electron chi connectivity index (χ1n) is 5.76. The van der Waals surface area contributed by atoms with Gasteiger partial charge < -0.3 is 15.2 Å². The lowest BCUT2D eigenvalue weighted by Crippen LogP contribution is -2.51. The molecule has 0 aromatic carbocycles. The molecule has 0 bridgehead atoms. The van der Waals surface area contributed by atoms with Crippen molar-refractivity contribution in [2.75, 3.05) is 0 Å². The summed E-state index contributed by atoms with van der Waals surface area (Å²) < 4.78 is 5.05. The van der Waals surface area contributed by atoms with E-state index in [1.807, 2.05) is 0 Å². The van der Waals surface area contributed by atoms with Crippen LogP contribution in [0.15, 0.2) is 12.2 Å². The Kier molecular flexibility index (Phi) is 4.96. The third-order valence-electron chi connectivity index (χ3n) is 2.73. The van der Waals surface area contributed by atoms with E-state index in [-0.39, 0.29) is 0 Å². The predicted molar refractivity (Wildman–Crippen MR) is 69.4 cm³/mol. The van der Waals surface area contributed by atoms with E-state index in [0.717, 1.165) is 0 Å². The van der Waals surface area contributed by atoms with Crippen LogP contribution in [-0.2, 0) is 9.53 Å². The molecule has 0 fully saturated rings. The normalized spacial score (nSPS) is 13.7. The van der Waals surface area contributed by atoms with Gasteiger partial charge in [0.05, 0.1) is 0 Å². The van der Waals surface area contributed by atoms with Crippen LogP contribution in [0.25, 0.3) is 0 Å². The topological polar surface area (TPSA) is 75.6 Å². The Balaban J connectivity index is 4.92. The van der Waals surface area contributed by atoms with Gasteiger partial charge in [-0.15, -0.1) is 0 Å². The van der Waals surface area contributed by atoms with Crippen LogP contribution in [-0.4, -0.2) is 28.8 Å². The van der Waals surface area contributed by atoms with Crippen LogP contribution in [0.2, 0.25) is 0 Å². The van der Waals surface area contributed by atoms with E-state index in [1.165, 1.54) is 0 Å². The number of nitrogens with one attached hydrogen (secondary N) is 1. The maximum Gasteiger partial charge on any atom is 0.408 e. The van der Waals surface area contributed by atoms with Crippen LogP contribution in [0, 0.1) is 5.41 Å². The van der Waals surface area contributed by atoms with E-state index in [4.69, 9.17) is 4.74 Å². The fraction of sp³-hybridized carbons (Fsp3) is 0.692. The van der Waals surface area contributed by atoms with E-state index in [0.29, 0.717) is 5.57 Å². The second kappa shape index (κ2) is 5.42. The summed E-state index contributed by atoms with van der Waals surface area (Å²) in [5, 5.41) is 11.6. The Morgan fingerprint density at radius 1 is 1.22 bits per heavy atom. The molecular formula is C13H23NO4. The lowest BCUT2D eigenvalue weighted by molar-refractivity contribution is -0.142. The number of carboxylic acids is 1. The summed E-state index contributed by atoms with van der Waals surface area (Å²) in [6.07, 6.45) is -0.746. The molecule has 0 radical (unpaired) electrons. The zero-order valence-corrected chi connectivity index (χ0v) is 12.0. The van der Waals surface area contributed by atoms with Gasteiger partial charge in [-0.3, -0.25) is 0 Å². The van der Waals surface area contributed by atoms with Crippen LogP contribution in [0.3, 0.4) is 0 Å². The predicted octanol–water partition coefficient (Wildman–Crippen LogP) is 2.57. The highest BCUT2D eigenvalue weighted by molar-refractivity contribution is 5.81. The highest BCUT2D eigenvalue weighted by Gasteiger charge is 2.38. The Morgan fingerprint density at radius 2 is 1.67 bits per heavy atom. The van der Waals surface area contributed by atoms with Crippen LogP contribution < -0.4 is 5.32 Å². The molecule has 0 rings (SSSR count). The second-order valence-electron chi connectivity index (χ2n) is 5.92. The third kappa shape index (κ3) is 4.77. The van der Waals surface area contributed by atoms with Gasteiger partial charge in [0.15, 0.2) is 0 Å². The molecule has 0 spiro atoms. The van der Waals surface area contributed by atoms with Gasteiger partial charge in [0.2, 0.25) is 0 Å². The molecule has 0 aliphatic heterocycles. The molecule has 1 atom stereocenters. The number of hydrogen-bond acceptors (Lipinski definition) is 3. The first kappa shape index (κ1) is 16.5. The maximum absolute atomic E-state index is 11.6. The van der Waals surface area contributed by atoms with Gasteiger partial charge in [0.25, 0.3) is 0 Å². The molecule has 0 aromatic rings. The van der Waals surface area contributed by atoms with Gasteiger partial charge in [0, 0.05) is 5.41 Å². The molecule has 0 saturated heterocycles. The number of alkyl carbamates (subject to hydrolysis) is 1. The van der Waals surface area contributed by atoms with E-state index in [9.17, 15) is 14.7 Å². The molecule has 0 heterocycles. The summed E-state index contributed by atoms with van der Waals surface area (Å²) in [5.74, 6) is -1.12. The van der Waals surface area contributed by atoms with Crippen molar-refractivity contribution in [2.45, 2.75) is 53.2 Å². The molecule has 0 saturated carbocycles. The Bertz CT molecular complexity index is 352. The average Bonchev–Trinajstić information content (AvgIpc) is 2.10. The van der Waals surface area contributed by atoms with E-state index in [2.05, 4.69) is 11.9 Å². The molecule has 0 unspecified atom stereocenters. The monoisotopic (exact) mass is 257 g/mol. The van der Waals surface area contributed by atoms with Crippen LogP contribution in [0.4, 0.5) is 4.79 Å². The highest BCUT2D eigenvalue weighted by Crippen LogP contribution is 2.29. The highest BCUT2D eigenvalue weighted by atomic mass is 16.6. The lowest BCUT2D eigenvalue weighted by Gasteiger charge is -2.33. The standard InChI is InChI=1S/C13H23NO4/c1-8(2)13(6,7)9(10(15)16)14-11(17)18-12(3,4)5/h9H,1H2,2-7H3,(H,14,17)(H,15,16)/t9-/m1/s1. The minimum Gasteiger partial charge on any atom is -0.480 e. The van der Waals surface area contributed by atoms with Crippen molar-refractivity contribution in [2.24, 2.45) is 5.41 Å². The fourth-order valence-electron chi connectivity index (χ4n) is 1.22. The summed E-state index contributed by atoms with van der Waals surface area (Å²) >= 11 is 0. The van der Waals surface area contributed by atoms with Gasteiger partial charge in [-0.25, -0.2) is 9.59 Å². The van der Waals surface area contributed by atoms with Crippen molar-refractivity contribution in [3.05, 3.63) is 12.2 Å². The SMILES string of the molecule is C=C(C)C(C)(C)[C@H](NC(=O)OC(C)(C)C)C(=O)O. The molecular weight excluding hydrogens is 234 g/mol. The summed E-state index contributed by atoms with van der Waals surface area (Å²) in [7, 11) is 0. The van der Waals surface area contributed by atoms with Gasteiger partial charge >= 0.3 is 12.1 Å². The van der Waals surface area contributed by atoms with Gasteiger partial charge in [-0.2, -0.15) is 0 Å². The van der Waals surface area contributed by atoms with Gasteiger partial charge in [0.1, 0.15) is 11.6 Å². The zero-order valence-electron chi connectivity index (χ0n) is 12.0. The summed E-state index contributed by atoms with van der Waals surface area (Å²) in [5.41, 5.74) is -0.755. The third-order valence-corrected chi connectivity index (χ3v) is 2.73. The fourth-order valence-corrected chi connectivity index (χ4v) is 1.22. The van der Waals surface area contributed by atoms with Crippen LogP contribution in [0.1, 0.15) is 41.5 Å². The maximum atomic E-state index is 11.6. The van der Waals surface area contributed by atoms with Crippen LogP contribution >= 0.6 is 0 Å². The molecule has 2 N–H and O–H groups in total. The number of amides is 1. The second-order valence-corrected chi connectivity index (χ2v) is 5.92. The average molecular weight is 257 g/mol. The van der Waals surface area contributed by atoms with Crippen molar-refractivity contribution >= 4 is 12.1 Å². The number of carbonyl (C=O) groups excluding carboxylic acids is 1. The quantitative estimate of drug-likeness (QED) is 0.759. The Labute approximate surface area is 108 Å². The summed E-state index contributed by atoms with van der Waals surface area (Å²) in [4.78, 5) is 22.9. The van der Waals surface area contributed by atoms with E-state index >= 15 is 0 Å². The van der Waals surface area contributed by atoms with Crippen molar-refractivity contribution in [1.82, 2.24) is 5.32 Å². The van der Waals surface area contributed by atoms with Gasteiger partial charge in [-0.05, 0) is 27.7 Å². The largest absolute Gasteiger partial charge is 0.480 e. The molecule has 0 aliphatic carbocycles. The minimum absolute atomic E-state index is 0.666. The van der Waals surface area contributed by atoms with Crippen LogP contribution in [0.5, 0.6) is 0 Å². The summed E-state index contributed by atoms with van der Waals surface area (Å²) in [6.45, 7) is 14.1. The molecule has 5 nitrogen and oxygen atoms in total. The number of ether oxygens (including phenoxy) is 1. The smallest absolute Gasteiger partial charge is 0.408 e. The number of rotatable bonds is 4. The van der Waals surface area contributed by atoms with Crippen molar-refractivity contribution in [1.29, 1.82) is 0 Å². The molecule has 5 heteroatoms. The number of carboxylic acid groups (broad SMARTS) is 1.